The molecule has 0 fully saturated rings. The Morgan fingerprint density at radius 2 is 1.28 bits per heavy atom. The number of carbonyl (C=O) groups excluding carboxylic acids is 2. The third-order valence-electron chi connectivity index (χ3n) is 3.39. The van der Waals surface area contributed by atoms with Crippen LogP contribution in [0.15, 0.2) is 84.9 Å². The highest BCUT2D eigenvalue weighted by atomic mass is 16.5. The summed E-state index contributed by atoms with van der Waals surface area (Å²) in [4.78, 5) is 24.2. The van der Waals surface area contributed by atoms with E-state index >= 15 is 0 Å². The Kier molecular flexibility index (Phi) is 5.04. The molecule has 0 saturated heterocycles. The van der Waals surface area contributed by atoms with Gasteiger partial charge in [-0.1, -0.05) is 60.4 Å². The third kappa shape index (κ3) is 4.43. The van der Waals surface area contributed by atoms with E-state index in [-0.39, 0.29) is 5.56 Å². The van der Waals surface area contributed by atoms with Crippen molar-refractivity contribution in [1.82, 2.24) is 0 Å². The molecule has 0 aliphatic heterocycles. The standard InChI is InChI=1S/C22H14O3/c23-21(22(24)25-20-12-5-2-6-13-20)19-11-7-10-18(16-19)15-14-17-8-3-1-4-9-17/h1-13,16H. The summed E-state index contributed by atoms with van der Waals surface area (Å²) in [6.45, 7) is 0. The molecule has 0 radical (unpaired) electrons. The summed E-state index contributed by atoms with van der Waals surface area (Å²) in [6, 6.07) is 24.7. The van der Waals surface area contributed by atoms with E-state index in [9.17, 15) is 9.59 Å². The van der Waals surface area contributed by atoms with Gasteiger partial charge >= 0.3 is 5.97 Å². The van der Waals surface area contributed by atoms with Crippen molar-refractivity contribution in [2.75, 3.05) is 0 Å². The lowest BCUT2D eigenvalue weighted by Crippen LogP contribution is -2.20. The maximum absolute atomic E-state index is 12.3. The molecule has 25 heavy (non-hydrogen) atoms. The Morgan fingerprint density at radius 1 is 0.680 bits per heavy atom. The van der Waals surface area contributed by atoms with Gasteiger partial charge in [0.15, 0.2) is 0 Å². The minimum absolute atomic E-state index is 0.251. The van der Waals surface area contributed by atoms with E-state index in [0.29, 0.717) is 11.3 Å². The molecule has 0 spiro atoms. The van der Waals surface area contributed by atoms with Gasteiger partial charge in [-0.2, -0.15) is 0 Å². The fourth-order valence-corrected chi connectivity index (χ4v) is 2.16. The Labute approximate surface area is 145 Å². The predicted octanol–water partition coefficient (Wildman–Crippen LogP) is 3.87. The molecule has 120 valence electrons. The van der Waals surface area contributed by atoms with Crippen molar-refractivity contribution in [3.63, 3.8) is 0 Å². The number of benzene rings is 3. The average Bonchev–Trinajstić information content (AvgIpc) is 2.67. The second-order valence-electron chi connectivity index (χ2n) is 5.23. The van der Waals surface area contributed by atoms with Gasteiger partial charge in [-0.05, 0) is 36.4 Å². The van der Waals surface area contributed by atoms with Crippen molar-refractivity contribution in [3.05, 3.63) is 102 Å². The summed E-state index contributed by atoms with van der Waals surface area (Å²) in [5.74, 6) is 4.72. The van der Waals surface area contributed by atoms with Gasteiger partial charge in [-0.15, -0.1) is 0 Å². The number of ketones is 1. The van der Waals surface area contributed by atoms with Crippen molar-refractivity contribution < 1.29 is 14.3 Å². The van der Waals surface area contributed by atoms with Gasteiger partial charge in [0.2, 0.25) is 0 Å². The molecule has 0 unspecified atom stereocenters. The molecule has 3 aromatic rings. The van der Waals surface area contributed by atoms with Crippen LogP contribution in [0, 0.1) is 11.8 Å². The molecule has 3 aromatic carbocycles. The van der Waals surface area contributed by atoms with Gasteiger partial charge in [0.25, 0.3) is 5.78 Å². The number of Topliss-reactive ketones (excluding diaryl/α,β-unsaturated/α-hetero) is 1. The second-order valence-corrected chi connectivity index (χ2v) is 5.23. The van der Waals surface area contributed by atoms with Gasteiger partial charge in [0, 0.05) is 16.7 Å². The van der Waals surface area contributed by atoms with Crippen LogP contribution in [0.3, 0.4) is 0 Å². The summed E-state index contributed by atoms with van der Waals surface area (Å²) in [5, 5.41) is 0. The highest BCUT2D eigenvalue weighted by Gasteiger charge is 2.18. The molecular formula is C22H14O3. The van der Waals surface area contributed by atoms with E-state index in [4.69, 9.17) is 4.74 Å². The lowest BCUT2D eigenvalue weighted by Gasteiger charge is -2.03. The van der Waals surface area contributed by atoms with Gasteiger partial charge in [-0.3, -0.25) is 4.79 Å². The number of hydrogen-bond donors (Lipinski definition) is 0. The van der Waals surface area contributed by atoms with E-state index in [1.807, 2.05) is 30.3 Å². The minimum atomic E-state index is -0.917. The molecule has 0 N–H and O–H groups in total. The molecule has 0 atom stereocenters. The highest BCUT2D eigenvalue weighted by molar-refractivity contribution is 6.41. The monoisotopic (exact) mass is 326 g/mol. The van der Waals surface area contributed by atoms with Crippen molar-refractivity contribution >= 4 is 11.8 Å². The average molecular weight is 326 g/mol. The maximum Gasteiger partial charge on any atom is 0.385 e. The summed E-state index contributed by atoms with van der Waals surface area (Å²) in [6.07, 6.45) is 0. The van der Waals surface area contributed by atoms with Crippen molar-refractivity contribution in [2.24, 2.45) is 0 Å². The molecule has 0 bridgehead atoms. The second kappa shape index (κ2) is 7.76. The molecule has 0 saturated carbocycles. The van der Waals surface area contributed by atoms with Crippen LogP contribution in [-0.4, -0.2) is 11.8 Å². The normalized spacial score (nSPS) is 9.60. The molecule has 0 aliphatic rings. The van der Waals surface area contributed by atoms with E-state index in [2.05, 4.69) is 11.8 Å². The minimum Gasteiger partial charge on any atom is -0.421 e. The van der Waals surface area contributed by atoms with Crippen LogP contribution in [0.4, 0.5) is 0 Å². The zero-order valence-electron chi connectivity index (χ0n) is 13.3. The summed E-state index contributed by atoms with van der Waals surface area (Å²) < 4.78 is 5.08. The molecule has 3 nitrogen and oxygen atoms in total. The SMILES string of the molecule is O=C(Oc1ccccc1)C(=O)c1cccc(C#Cc2ccccc2)c1. The molecule has 0 heterocycles. The van der Waals surface area contributed by atoms with Crippen LogP contribution in [-0.2, 0) is 4.79 Å². The van der Waals surface area contributed by atoms with Crippen LogP contribution >= 0.6 is 0 Å². The van der Waals surface area contributed by atoms with E-state index in [0.717, 1.165) is 5.56 Å². The smallest absolute Gasteiger partial charge is 0.385 e. The lowest BCUT2D eigenvalue weighted by atomic mass is 10.1. The van der Waals surface area contributed by atoms with Gasteiger partial charge in [0.1, 0.15) is 5.75 Å². The van der Waals surface area contributed by atoms with Crippen LogP contribution in [0.5, 0.6) is 5.75 Å². The van der Waals surface area contributed by atoms with E-state index in [1.165, 1.54) is 0 Å². The molecule has 3 rings (SSSR count). The first-order valence-corrected chi connectivity index (χ1v) is 7.71. The summed E-state index contributed by atoms with van der Waals surface area (Å²) >= 11 is 0. The first-order chi connectivity index (χ1) is 12.2. The lowest BCUT2D eigenvalue weighted by molar-refractivity contribution is -0.129. The quantitative estimate of drug-likeness (QED) is 0.241. The maximum atomic E-state index is 12.3. The number of ether oxygens (including phenoxy) is 1. The number of hydrogen-bond acceptors (Lipinski definition) is 3. The van der Waals surface area contributed by atoms with Crippen LogP contribution in [0.1, 0.15) is 21.5 Å². The van der Waals surface area contributed by atoms with E-state index in [1.54, 1.807) is 54.6 Å². The molecule has 0 amide bonds. The summed E-state index contributed by atoms with van der Waals surface area (Å²) in [7, 11) is 0. The fourth-order valence-electron chi connectivity index (χ4n) is 2.16. The molecular weight excluding hydrogens is 312 g/mol. The van der Waals surface area contributed by atoms with Crippen molar-refractivity contribution in [1.29, 1.82) is 0 Å². The van der Waals surface area contributed by atoms with Gasteiger partial charge in [0.05, 0.1) is 0 Å². The Balaban J connectivity index is 1.76. The predicted molar refractivity (Wildman–Crippen MR) is 95.3 cm³/mol. The fraction of sp³-hybridized carbons (Fsp3) is 0. The van der Waals surface area contributed by atoms with Crippen LogP contribution in [0.2, 0.25) is 0 Å². The first-order valence-electron chi connectivity index (χ1n) is 7.71. The Bertz CT molecular complexity index is 949. The molecule has 0 aliphatic carbocycles. The van der Waals surface area contributed by atoms with Crippen molar-refractivity contribution in [3.8, 4) is 17.6 Å². The van der Waals surface area contributed by atoms with Crippen LogP contribution < -0.4 is 4.74 Å². The van der Waals surface area contributed by atoms with E-state index < -0.39 is 11.8 Å². The third-order valence-corrected chi connectivity index (χ3v) is 3.39. The number of carbonyl (C=O) groups is 2. The molecule has 0 aromatic heterocycles. The van der Waals surface area contributed by atoms with Gasteiger partial charge < -0.3 is 4.74 Å². The zero-order valence-corrected chi connectivity index (χ0v) is 13.3. The number of para-hydroxylation sites is 1. The number of esters is 1. The van der Waals surface area contributed by atoms with Crippen LogP contribution in [0.25, 0.3) is 0 Å². The van der Waals surface area contributed by atoms with Gasteiger partial charge in [-0.25, -0.2) is 4.79 Å². The zero-order chi connectivity index (χ0) is 17.5. The first kappa shape index (κ1) is 16.2. The number of rotatable bonds is 3. The molecule has 3 heteroatoms. The largest absolute Gasteiger partial charge is 0.421 e. The Morgan fingerprint density at radius 3 is 2.00 bits per heavy atom. The summed E-state index contributed by atoms with van der Waals surface area (Å²) in [5.41, 5.74) is 1.78. The highest BCUT2D eigenvalue weighted by Crippen LogP contribution is 2.11. The van der Waals surface area contributed by atoms with Crippen molar-refractivity contribution in [2.45, 2.75) is 0 Å². The Hall–Kier alpha value is -3.64. The topological polar surface area (TPSA) is 43.4 Å².